The summed E-state index contributed by atoms with van der Waals surface area (Å²) in [4.78, 5) is 12.0. The number of halogens is 2. The van der Waals surface area contributed by atoms with Crippen LogP contribution in [0.1, 0.15) is 30.6 Å². The molecule has 0 aromatic heterocycles. The third kappa shape index (κ3) is 4.07. The van der Waals surface area contributed by atoms with E-state index in [1.54, 1.807) is 0 Å². The second-order valence-corrected chi connectivity index (χ2v) is 5.32. The second-order valence-electron chi connectivity index (χ2n) is 4.47. The minimum atomic E-state index is -0.401. The minimum absolute atomic E-state index is 0.0240. The van der Waals surface area contributed by atoms with Crippen LogP contribution in [0, 0.1) is 11.7 Å². The summed E-state index contributed by atoms with van der Waals surface area (Å²) in [6.45, 7) is 3.97. The molecule has 1 unspecified atom stereocenters. The highest BCUT2D eigenvalue weighted by atomic mass is 79.9. The molecule has 0 heterocycles. The highest BCUT2D eigenvalue weighted by Crippen LogP contribution is 2.17. The number of benzene rings is 1. The zero-order valence-electron chi connectivity index (χ0n) is 10.4. The lowest BCUT2D eigenvalue weighted by Crippen LogP contribution is -2.39. The number of rotatable bonds is 5. The third-order valence-corrected chi connectivity index (χ3v) is 3.35. The first kappa shape index (κ1) is 15.1. The fourth-order valence-corrected chi connectivity index (χ4v) is 1.98. The molecule has 0 radical (unpaired) electrons. The Kier molecular flexibility index (Phi) is 5.75. The predicted molar refractivity (Wildman–Crippen MR) is 71.9 cm³/mol. The van der Waals surface area contributed by atoms with Crippen LogP contribution in [0.2, 0.25) is 0 Å². The molecule has 1 amide bonds. The van der Waals surface area contributed by atoms with Gasteiger partial charge in [0, 0.05) is 18.2 Å². The highest BCUT2D eigenvalue weighted by Gasteiger charge is 2.17. The van der Waals surface area contributed by atoms with Crippen molar-refractivity contribution in [2.45, 2.75) is 26.3 Å². The maximum absolute atomic E-state index is 13.1. The molecular formula is C13H17BrFNO2. The van der Waals surface area contributed by atoms with Crippen LogP contribution in [-0.4, -0.2) is 23.7 Å². The summed E-state index contributed by atoms with van der Waals surface area (Å²) >= 11 is 3.05. The quantitative estimate of drug-likeness (QED) is 0.877. The Labute approximate surface area is 115 Å². The standard InChI is InChI=1S/C13H17BrFNO2/c1-8(2)12(5-6-17)16-13(18)9-3-4-11(15)10(14)7-9/h3-4,7-8,12,17H,5-6H2,1-2H3,(H,16,18). The summed E-state index contributed by atoms with van der Waals surface area (Å²) in [5, 5.41) is 11.8. The number of nitrogens with one attached hydrogen (secondary N) is 1. The molecule has 5 heteroatoms. The van der Waals surface area contributed by atoms with E-state index in [9.17, 15) is 9.18 Å². The molecule has 0 fully saturated rings. The Balaban J connectivity index is 2.77. The second kappa shape index (κ2) is 6.85. The number of carbonyl (C=O) groups is 1. The van der Waals surface area contributed by atoms with Gasteiger partial charge in [0.15, 0.2) is 0 Å². The van der Waals surface area contributed by atoms with Gasteiger partial charge in [-0.05, 0) is 46.5 Å². The lowest BCUT2D eigenvalue weighted by molar-refractivity contribution is 0.0916. The topological polar surface area (TPSA) is 49.3 Å². The maximum Gasteiger partial charge on any atom is 0.251 e. The van der Waals surface area contributed by atoms with Crippen LogP contribution in [0.5, 0.6) is 0 Å². The lowest BCUT2D eigenvalue weighted by Gasteiger charge is -2.21. The minimum Gasteiger partial charge on any atom is -0.396 e. The Morgan fingerprint density at radius 2 is 2.17 bits per heavy atom. The van der Waals surface area contributed by atoms with Crippen molar-refractivity contribution >= 4 is 21.8 Å². The zero-order chi connectivity index (χ0) is 13.7. The Morgan fingerprint density at radius 3 is 2.67 bits per heavy atom. The molecule has 1 aromatic rings. The van der Waals surface area contributed by atoms with Crippen molar-refractivity contribution in [3.8, 4) is 0 Å². The molecule has 2 N–H and O–H groups in total. The summed E-state index contributed by atoms with van der Waals surface area (Å²) in [7, 11) is 0. The summed E-state index contributed by atoms with van der Waals surface area (Å²) < 4.78 is 13.3. The SMILES string of the molecule is CC(C)C(CCO)NC(=O)c1ccc(F)c(Br)c1. The van der Waals surface area contributed by atoms with E-state index >= 15 is 0 Å². The lowest BCUT2D eigenvalue weighted by atomic mass is 10.0. The first-order chi connectivity index (χ1) is 8.45. The fraction of sp³-hybridized carbons (Fsp3) is 0.462. The van der Waals surface area contributed by atoms with Crippen molar-refractivity contribution in [2.24, 2.45) is 5.92 Å². The van der Waals surface area contributed by atoms with Crippen molar-refractivity contribution in [3.63, 3.8) is 0 Å². The van der Waals surface area contributed by atoms with Gasteiger partial charge in [0.2, 0.25) is 0 Å². The van der Waals surface area contributed by atoms with Gasteiger partial charge < -0.3 is 10.4 Å². The van der Waals surface area contributed by atoms with E-state index in [1.165, 1.54) is 18.2 Å². The van der Waals surface area contributed by atoms with Crippen LogP contribution in [0.3, 0.4) is 0 Å². The first-order valence-corrected chi connectivity index (χ1v) is 6.61. The fourth-order valence-electron chi connectivity index (χ4n) is 1.60. The molecule has 0 saturated carbocycles. The number of aliphatic hydroxyl groups is 1. The molecular weight excluding hydrogens is 301 g/mol. The summed E-state index contributed by atoms with van der Waals surface area (Å²) in [5.41, 5.74) is 0.395. The van der Waals surface area contributed by atoms with Crippen LogP contribution in [0.4, 0.5) is 4.39 Å². The van der Waals surface area contributed by atoms with Crippen LogP contribution in [0.15, 0.2) is 22.7 Å². The van der Waals surface area contributed by atoms with Crippen LogP contribution in [0.25, 0.3) is 0 Å². The Bertz CT molecular complexity index is 423. The largest absolute Gasteiger partial charge is 0.396 e. The molecule has 0 aliphatic heterocycles. The first-order valence-electron chi connectivity index (χ1n) is 5.82. The van der Waals surface area contributed by atoms with E-state index in [2.05, 4.69) is 21.2 Å². The molecule has 1 aromatic carbocycles. The Morgan fingerprint density at radius 1 is 1.50 bits per heavy atom. The van der Waals surface area contributed by atoms with Gasteiger partial charge in [-0.1, -0.05) is 13.8 Å². The van der Waals surface area contributed by atoms with Gasteiger partial charge in [0.25, 0.3) is 5.91 Å². The van der Waals surface area contributed by atoms with Crippen molar-refractivity contribution in [1.29, 1.82) is 0 Å². The number of hydrogen-bond donors (Lipinski definition) is 2. The van der Waals surface area contributed by atoms with Gasteiger partial charge in [-0.3, -0.25) is 4.79 Å². The van der Waals surface area contributed by atoms with Gasteiger partial charge in [-0.25, -0.2) is 4.39 Å². The molecule has 0 spiro atoms. The van der Waals surface area contributed by atoms with E-state index in [-0.39, 0.29) is 28.9 Å². The van der Waals surface area contributed by atoms with E-state index < -0.39 is 5.82 Å². The van der Waals surface area contributed by atoms with Gasteiger partial charge in [0.05, 0.1) is 4.47 Å². The van der Waals surface area contributed by atoms with Gasteiger partial charge in [-0.15, -0.1) is 0 Å². The van der Waals surface area contributed by atoms with Gasteiger partial charge in [0.1, 0.15) is 5.82 Å². The Hall–Kier alpha value is -0.940. The van der Waals surface area contributed by atoms with Gasteiger partial charge in [-0.2, -0.15) is 0 Å². The van der Waals surface area contributed by atoms with Crippen LogP contribution in [-0.2, 0) is 0 Å². The average molecular weight is 318 g/mol. The monoisotopic (exact) mass is 317 g/mol. The van der Waals surface area contributed by atoms with Crippen molar-refractivity contribution in [2.75, 3.05) is 6.61 Å². The third-order valence-electron chi connectivity index (χ3n) is 2.74. The van der Waals surface area contributed by atoms with Gasteiger partial charge >= 0.3 is 0 Å². The molecule has 0 aliphatic rings. The molecule has 1 atom stereocenters. The van der Waals surface area contributed by atoms with E-state index in [0.29, 0.717) is 12.0 Å². The van der Waals surface area contributed by atoms with E-state index in [1.807, 2.05) is 13.8 Å². The summed E-state index contributed by atoms with van der Waals surface area (Å²) in [6, 6.07) is 4.04. The van der Waals surface area contributed by atoms with E-state index in [4.69, 9.17) is 5.11 Å². The molecule has 0 aliphatic carbocycles. The number of carbonyl (C=O) groups excluding carboxylic acids is 1. The average Bonchev–Trinajstić information content (AvgIpc) is 2.31. The van der Waals surface area contributed by atoms with Crippen molar-refractivity contribution in [3.05, 3.63) is 34.1 Å². The summed E-state index contributed by atoms with van der Waals surface area (Å²) in [5.74, 6) is -0.435. The number of aliphatic hydroxyl groups excluding tert-OH is 1. The molecule has 0 saturated heterocycles. The van der Waals surface area contributed by atoms with Crippen molar-refractivity contribution < 1.29 is 14.3 Å². The van der Waals surface area contributed by atoms with Crippen LogP contribution < -0.4 is 5.32 Å². The highest BCUT2D eigenvalue weighted by molar-refractivity contribution is 9.10. The molecule has 18 heavy (non-hydrogen) atoms. The zero-order valence-corrected chi connectivity index (χ0v) is 12.0. The maximum atomic E-state index is 13.1. The molecule has 0 bridgehead atoms. The number of hydrogen-bond acceptors (Lipinski definition) is 2. The summed E-state index contributed by atoms with van der Waals surface area (Å²) in [6.07, 6.45) is 0.506. The molecule has 3 nitrogen and oxygen atoms in total. The van der Waals surface area contributed by atoms with Crippen LogP contribution >= 0.6 is 15.9 Å². The molecule has 1 rings (SSSR count). The number of amides is 1. The predicted octanol–water partition coefficient (Wildman–Crippen LogP) is 2.73. The van der Waals surface area contributed by atoms with E-state index in [0.717, 1.165) is 0 Å². The molecule has 100 valence electrons. The van der Waals surface area contributed by atoms with Crippen molar-refractivity contribution in [1.82, 2.24) is 5.32 Å². The smallest absolute Gasteiger partial charge is 0.251 e. The normalized spacial score (nSPS) is 12.6.